The predicted molar refractivity (Wildman–Crippen MR) is 120 cm³/mol. The molecular formula is C23H21Br2NO. The first kappa shape index (κ1) is 19.8. The van der Waals surface area contributed by atoms with E-state index in [-0.39, 0.29) is 0 Å². The summed E-state index contributed by atoms with van der Waals surface area (Å²) in [5, 5.41) is 0. The molecule has 0 aliphatic heterocycles. The van der Waals surface area contributed by atoms with E-state index in [9.17, 15) is 0 Å². The van der Waals surface area contributed by atoms with E-state index in [0.717, 1.165) is 31.5 Å². The molecular weight excluding hydrogens is 466 g/mol. The summed E-state index contributed by atoms with van der Waals surface area (Å²) in [5.74, 6) is 1.37. The number of halogens is 2. The average molecular weight is 487 g/mol. The van der Waals surface area contributed by atoms with Crippen LogP contribution in [0.15, 0.2) is 80.7 Å². The lowest BCUT2D eigenvalue weighted by Crippen LogP contribution is -1.96. The van der Waals surface area contributed by atoms with Crippen LogP contribution in [0, 0.1) is 0 Å². The molecule has 0 radical (unpaired) electrons. The van der Waals surface area contributed by atoms with E-state index < -0.39 is 0 Å². The second-order valence-electron chi connectivity index (χ2n) is 6.60. The summed E-state index contributed by atoms with van der Waals surface area (Å²) in [4.78, 5) is 4.54. The first-order chi connectivity index (χ1) is 13.0. The Morgan fingerprint density at radius 1 is 0.926 bits per heavy atom. The summed E-state index contributed by atoms with van der Waals surface area (Å²) in [6.07, 6.45) is 1.87. The zero-order valence-corrected chi connectivity index (χ0v) is 18.5. The van der Waals surface area contributed by atoms with Crippen molar-refractivity contribution in [2.24, 2.45) is 4.99 Å². The lowest BCUT2D eigenvalue weighted by atomic mass is 10.0. The Hall–Kier alpha value is -1.91. The summed E-state index contributed by atoms with van der Waals surface area (Å²) >= 11 is 7.02. The topological polar surface area (TPSA) is 21.6 Å². The van der Waals surface area contributed by atoms with Gasteiger partial charge in [0.05, 0.1) is 5.69 Å². The van der Waals surface area contributed by atoms with Gasteiger partial charge in [0.15, 0.2) is 0 Å². The lowest BCUT2D eigenvalue weighted by Gasteiger charge is -2.08. The summed E-state index contributed by atoms with van der Waals surface area (Å²) in [5.41, 5.74) is 4.43. The molecule has 3 aromatic rings. The number of ether oxygens (including phenoxy) is 1. The molecule has 0 aliphatic carbocycles. The monoisotopic (exact) mass is 485 g/mol. The van der Waals surface area contributed by atoms with Gasteiger partial charge in [-0.3, -0.25) is 4.99 Å². The maximum Gasteiger partial charge on any atom is 0.119 e. The molecule has 0 saturated carbocycles. The van der Waals surface area contributed by atoms with Crippen molar-refractivity contribution in [3.8, 4) is 5.75 Å². The Morgan fingerprint density at radius 3 is 2.26 bits per heavy atom. The SMILES string of the molecule is CC(C)c1ccc(N=Cc2ccc(OCc3ccc(Br)cc3Br)cc2)cc1. The van der Waals surface area contributed by atoms with Crippen LogP contribution in [0.25, 0.3) is 0 Å². The molecule has 0 fully saturated rings. The van der Waals surface area contributed by atoms with Crippen molar-refractivity contribution in [2.45, 2.75) is 26.4 Å². The largest absolute Gasteiger partial charge is 0.489 e. The van der Waals surface area contributed by atoms with E-state index in [4.69, 9.17) is 4.74 Å². The highest BCUT2D eigenvalue weighted by molar-refractivity contribution is 9.11. The van der Waals surface area contributed by atoms with Crippen molar-refractivity contribution in [1.29, 1.82) is 0 Å². The molecule has 0 unspecified atom stereocenters. The van der Waals surface area contributed by atoms with Gasteiger partial charge in [0, 0.05) is 20.7 Å². The third-order valence-electron chi connectivity index (χ3n) is 4.21. The fourth-order valence-corrected chi connectivity index (χ4v) is 3.71. The van der Waals surface area contributed by atoms with Gasteiger partial charge in [0.1, 0.15) is 12.4 Å². The van der Waals surface area contributed by atoms with E-state index in [1.807, 2.05) is 48.7 Å². The van der Waals surface area contributed by atoms with Crippen LogP contribution in [0.2, 0.25) is 0 Å². The summed E-state index contributed by atoms with van der Waals surface area (Å²) in [6, 6.07) is 22.4. The van der Waals surface area contributed by atoms with Gasteiger partial charge in [-0.2, -0.15) is 0 Å². The Balaban J connectivity index is 1.59. The zero-order valence-electron chi connectivity index (χ0n) is 15.3. The van der Waals surface area contributed by atoms with Gasteiger partial charge >= 0.3 is 0 Å². The first-order valence-corrected chi connectivity index (χ1v) is 10.4. The summed E-state index contributed by atoms with van der Waals surface area (Å²) in [6.45, 7) is 4.90. The minimum Gasteiger partial charge on any atom is -0.489 e. The van der Waals surface area contributed by atoms with Crippen molar-refractivity contribution < 1.29 is 4.74 Å². The number of rotatable bonds is 6. The van der Waals surface area contributed by atoms with Gasteiger partial charge in [0.2, 0.25) is 0 Å². The third-order valence-corrected chi connectivity index (χ3v) is 5.44. The molecule has 0 amide bonds. The van der Waals surface area contributed by atoms with E-state index >= 15 is 0 Å². The normalized spacial score (nSPS) is 11.3. The van der Waals surface area contributed by atoms with Crippen LogP contribution >= 0.6 is 31.9 Å². The quantitative estimate of drug-likeness (QED) is 0.327. The van der Waals surface area contributed by atoms with Gasteiger partial charge in [-0.15, -0.1) is 0 Å². The number of hydrogen-bond acceptors (Lipinski definition) is 2. The van der Waals surface area contributed by atoms with Crippen molar-refractivity contribution >= 4 is 43.8 Å². The number of benzene rings is 3. The fraction of sp³-hybridized carbons (Fsp3) is 0.174. The van der Waals surface area contributed by atoms with Crippen molar-refractivity contribution in [3.63, 3.8) is 0 Å². The molecule has 138 valence electrons. The van der Waals surface area contributed by atoms with E-state index in [0.29, 0.717) is 12.5 Å². The molecule has 3 rings (SSSR count). The molecule has 4 heteroatoms. The van der Waals surface area contributed by atoms with Crippen molar-refractivity contribution in [1.82, 2.24) is 0 Å². The van der Waals surface area contributed by atoms with Crippen molar-refractivity contribution in [2.75, 3.05) is 0 Å². The second kappa shape index (κ2) is 9.34. The first-order valence-electron chi connectivity index (χ1n) is 8.82. The molecule has 27 heavy (non-hydrogen) atoms. The van der Waals surface area contributed by atoms with Crippen LogP contribution in [0.5, 0.6) is 5.75 Å². The van der Waals surface area contributed by atoms with Crippen LogP contribution in [0.4, 0.5) is 5.69 Å². The van der Waals surface area contributed by atoms with Crippen LogP contribution in [-0.2, 0) is 6.61 Å². The molecule has 0 N–H and O–H groups in total. The molecule has 2 nitrogen and oxygen atoms in total. The highest BCUT2D eigenvalue weighted by Gasteiger charge is 2.02. The summed E-state index contributed by atoms with van der Waals surface area (Å²) < 4.78 is 7.95. The van der Waals surface area contributed by atoms with Gasteiger partial charge in [-0.25, -0.2) is 0 Å². The lowest BCUT2D eigenvalue weighted by molar-refractivity contribution is 0.305. The van der Waals surface area contributed by atoms with Crippen molar-refractivity contribution in [3.05, 3.63) is 92.4 Å². The fourth-order valence-electron chi connectivity index (χ4n) is 2.54. The molecule has 0 aromatic heterocycles. The number of aliphatic imine (C=N–C) groups is 1. The molecule has 3 aromatic carbocycles. The van der Waals surface area contributed by atoms with Gasteiger partial charge in [-0.1, -0.05) is 63.9 Å². The zero-order chi connectivity index (χ0) is 19.2. The predicted octanol–water partition coefficient (Wildman–Crippen LogP) is 7.66. The Bertz CT molecular complexity index is 916. The van der Waals surface area contributed by atoms with E-state index in [2.05, 4.69) is 75.0 Å². The standard InChI is InChI=1S/C23H21Br2NO/c1-16(2)18-6-9-21(10-7-18)26-14-17-3-11-22(12-4-17)27-15-19-5-8-20(24)13-23(19)25/h3-14,16H,15H2,1-2H3. The van der Waals surface area contributed by atoms with Crippen LogP contribution in [0.3, 0.4) is 0 Å². The smallest absolute Gasteiger partial charge is 0.119 e. The summed E-state index contributed by atoms with van der Waals surface area (Å²) in [7, 11) is 0. The van der Waals surface area contributed by atoms with E-state index in [1.54, 1.807) is 0 Å². The Morgan fingerprint density at radius 2 is 1.63 bits per heavy atom. The molecule has 0 aliphatic rings. The highest BCUT2D eigenvalue weighted by Crippen LogP contribution is 2.24. The maximum absolute atomic E-state index is 5.88. The van der Waals surface area contributed by atoms with E-state index in [1.165, 1.54) is 5.56 Å². The number of nitrogens with zero attached hydrogens (tertiary/aromatic N) is 1. The van der Waals surface area contributed by atoms with Gasteiger partial charge < -0.3 is 4.74 Å². The third kappa shape index (κ3) is 5.78. The Kier molecular flexibility index (Phi) is 6.86. The van der Waals surface area contributed by atoms with Gasteiger partial charge in [0.25, 0.3) is 0 Å². The van der Waals surface area contributed by atoms with Crippen LogP contribution in [0.1, 0.15) is 36.5 Å². The van der Waals surface area contributed by atoms with Gasteiger partial charge in [-0.05, 0) is 65.6 Å². The minimum atomic E-state index is 0.517. The molecule has 0 heterocycles. The number of hydrogen-bond donors (Lipinski definition) is 0. The molecule has 0 spiro atoms. The minimum absolute atomic E-state index is 0.517. The second-order valence-corrected chi connectivity index (χ2v) is 8.37. The van der Waals surface area contributed by atoms with Crippen LogP contribution < -0.4 is 4.74 Å². The maximum atomic E-state index is 5.88. The highest BCUT2D eigenvalue weighted by atomic mass is 79.9. The molecule has 0 saturated heterocycles. The average Bonchev–Trinajstić information content (AvgIpc) is 2.67. The Labute approximate surface area is 177 Å². The molecule has 0 atom stereocenters. The molecule has 0 bridgehead atoms. The van der Waals surface area contributed by atoms with Crippen LogP contribution in [-0.4, -0.2) is 6.21 Å².